The Hall–Kier alpha value is -1.97. The number of amides is 1. The lowest BCUT2D eigenvalue weighted by Crippen LogP contribution is -2.39. The molecule has 1 amide bonds. The van der Waals surface area contributed by atoms with Crippen LogP contribution >= 0.6 is 0 Å². The van der Waals surface area contributed by atoms with Crippen LogP contribution in [0.15, 0.2) is 24.3 Å². The van der Waals surface area contributed by atoms with Gasteiger partial charge in [0.1, 0.15) is 6.54 Å². The van der Waals surface area contributed by atoms with Gasteiger partial charge in [0.05, 0.1) is 12.3 Å². The van der Waals surface area contributed by atoms with Gasteiger partial charge in [-0.1, -0.05) is 24.3 Å². The number of sulfonamides is 1. The zero-order valence-corrected chi connectivity index (χ0v) is 12.0. The van der Waals surface area contributed by atoms with Gasteiger partial charge in [0.2, 0.25) is 15.9 Å². The van der Waals surface area contributed by atoms with Crippen LogP contribution in [0.4, 0.5) is 0 Å². The predicted octanol–water partition coefficient (Wildman–Crippen LogP) is -1.23. The lowest BCUT2D eigenvalue weighted by molar-refractivity contribution is -0.137. The largest absolute Gasteiger partial charge is 0.480 e. The van der Waals surface area contributed by atoms with E-state index in [4.69, 9.17) is 10.8 Å². The molecule has 8 nitrogen and oxygen atoms in total. The van der Waals surface area contributed by atoms with Gasteiger partial charge in [-0.05, 0) is 11.1 Å². The minimum Gasteiger partial charge on any atom is -0.480 e. The van der Waals surface area contributed by atoms with Gasteiger partial charge in [-0.3, -0.25) is 9.59 Å². The number of aliphatic carboxylic acids is 1. The van der Waals surface area contributed by atoms with Crippen LogP contribution in [0.5, 0.6) is 0 Å². The minimum absolute atomic E-state index is 0.213. The summed E-state index contributed by atoms with van der Waals surface area (Å²) in [5.74, 6) is -2.22. The molecule has 0 aliphatic heterocycles. The van der Waals surface area contributed by atoms with Crippen molar-refractivity contribution >= 4 is 21.9 Å². The molecule has 0 aliphatic carbocycles. The molecule has 5 N–H and O–H groups in total. The van der Waals surface area contributed by atoms with Crippen molar-refractivity contribution in [3.05, 3.63) is 35.4 Å². The number of rotatable bonds is 8. The smallest absolute Gasteiger partial charge is 0.322 e. The fourth-order valence-corrected chi connectivity index (χ4v) is 2.71. The third-order valence-electron chi connectivity index (χ3n) is 2.57. The second-order valence-corrected chi connectivity index (χ2v) is 6.03. The summed E-state index contributed by atoms with van der Waals surface area (Å²) in [5.41, 5.74) is 6.79. The first-order valence-electron chi connectivity index (χ1n) is 6.06. The normalized spacial score (nSPS) is 11.1. The summed E-state index contributed by atoms with van der Waals surface area (Å²) >= 11 is 0. The number of carboxylic acids is 1. The van der Waals surface area contributed by atoms with Gasteiger partial charge in [0.25, 0.3) is 0 Å². The lowest BCUT2D eigenvalue weighted by atomic mass is 10.1. The summed E-state index contributed by atoms with van der Waals surface area (Å²) in [6.45, 7) is -0.859. The summed E-state index contributed by atoms with van der Waals surface area (Å²) < 4.78 is 25.8. The predicted molar refractivity (Wildman–Crippen MR) is 75.6 cm³/mol. The fraction of sp³-hybridized carbons (Fsp3) is 0.333. The second-order valence-electron chi connectivity index (χ2n) is 4.22. The summed E-state index contributed by atoms with van der Waals surface area (Å²) in [6, 6.07) is 6.82. The Labute approximate surface area is 122 Å². The number of hydrogen-bond acceptors (Lipinski definition) is 5. The van der Waals surface area contributed by atoms with Crippen LogP contribution in [0.2, 0.25) is 0 Å². The Morgan fingerprint density at radius 2 is 1.76 bits per heavy atom. The maximum atomic E-state index is 11.9. The third-order valence-corrected chi connectivity index (χ3v) is 3.85. The molecule has 1 aromatic rings. The number of carbonyl (C=O) groups is 2. The molecule has 0 saturated carbocycles. The molecule has 0 saturated heterocycles. The van der Waals surface area contributed by atoms with E-state index in [-0.39, 0.29) is 12.3 Å². The van der Waals surface area contributed by atoms with Crippen LogP contribution in [0.1, 0.15) is 11.1 Å². The van der Waals surface area contributed by atoms with Crippen LogP contribution in [-0.4, -0.2) is 38.5 Å². The number of benzene rings is 1. The van der Waals surface area contributed by atoms with Gasteiger partial charge < -0.3 is 16.2 Å². The van der Waals surface area contributed by atoms with E-state index in [1.54, 1.807) is 24.3 Å². The molecule has 1 rings (SSSR count). The molecule has 1 aromatic carbocycles. The number of carboxylic acid groups (broad SMARTS) is 1. The highest BCUT2D eigenvalue weighted by atomic mass is 32.2. The van der Waals surface area contributed by atoms with Crippen molar-refractivity contribution in [1.29, 1.82) is 0 Å². The molecule has 9 heteroatoms. The zero-order valence-electron chi connectivity index (χ0n) is 11.2. The summed E-state index contributed by atoms with van der Waals surface area (Å²) in [7, 11) is -3.71. The van der Waals surface area contributed by atoms with Gasteiger partial charge >= 0.3 is 5.97 Å². The maximum absolute atomic E-state index is 11.9. The molecule has 116 valence electrons. The first-order valence-corrected chi connectivity index (χ1v) is 7.72. The van der Waals surface area contributed by atoms with Crippen molar-refractivity contribution < 1.29 is 23.1 Å². The van der Waals surface area contributed by atoms with E-state index in [0.29, 0.717) is 11.1 Å². The SMILES string of the molecule is NCc1ccccc1CS(=O)(=O)NCC(=O)NCC(=O)O. The van der Waals surface area contributed by atoms with Crippen LogP contribution in [-0.2, 0) is 31.9 Å². The lowest BCUT2D eigenvalue weighted by Gasteiger charge is -2.09. The molecule has 0 spiro atoms. The van der Waals surface area contributed by atoms with E-state index in [9.17, 15) is 18.0 Å². The highest BCUT2D eigenvalue weighted by molar-refractivity contribution is 7.88. The van der Waals surface area contributed by atoms with Gasteiger partial charge in [-0.2, -0.15) is 0 Å². The van der Waals surface area contributed by atoms with Crippen LogP contribution in [0.25, 0.3) is 0 Å². The van der Waals surface area contributed by atoms with E-state index in [2.05, 4.69) is 10.0 Å². The van der Waals surface area contributed by atoms with E-state index >= 15 is 0 Å². The Bertz CT molecular complexity index is 615. The molecular formula is C12H17N3O5S. The fourth-order valence-electron chi connectivity index (χ4n) is 1.57. The monoisotopic (exact) mass is 315 g/mol. The molecule has 0 bridgehead atoms. The molecule has 0 heterocycles. The van der Waals surface area contributed by atoms with Gasteiger partial charge in [-0.25, -0.2) is 13.1 Å². The molecule has 0 unspecified atom stereocenters. The van der Waals surface area contributed by atoms with Crippen LogP contribution < -0.4 is 15.8 Å². The molecule has 0 aliphatic rings. The van der Waals surface area contributed by atoms with E-state index < -0.39 is 35.0 Å². The summed E-state index contributed by atoms with van der Waals surface area (Å²) in [5, 5.41) is 10.4. The average molecular weight is 315 g/mol. The number of nitrogens with one attached hydrogen (secondary N) is 2. The number of carbonyl (C=O) groups excluding carboxylic acids is 1. The Morgan fingerprint density at radius 1 is 1.14 bits per heavy atom. The van der Waals surface area contributed by atoms with Gasteiger partial charge in [-0.15, -0.1) is 0 Å². The molecular weight excluding hydrogens is 298 g/mol. The second kappa shape index (κ2) is 7.72. The van der Waals surface area contributed by atoms with Crippen molar-refractivity contribution in [2.75, 3.05) is 13.1 Å². The average Bonchev–Trinajstić information content (AvgIpc) is 2.43. The Balaban J connectivity index is 2.58. The van der Waals surface area contributed by atoms with Gasteiger partial charge in [0.15, 0.2) is 0 Å². The zero-order chi connectivity index (χ0) is 15.9. The number of hydrogen-bond donors (Lipinski definition) is 4. The molecule has 0 aromatic heterocycles. The van der Waals surface area contributed by atoms with E-state index in [1.807, 2.05) is 0 Å². The molecule has 0 atom stereocenters. The van der Waals surface area contributed by atoms with Crippen molar-refractivity contribution in [3.8, 4) is 0 Å². The highest BCUT2D eigenvalue weighted by Crippen LogP contribution is 2.11. The molecule has 0 radical (unpaired) electrons. The summed E-state index contributed by atoms with van der Waals surface area (Å²) in [6.07, 6.45) is 0. The molecule has 0 fully saturated rings. The topological polar surface area (TPSA) is 139 Å². The Kier molecular flexibility index (Phi) is 6.28. The summed E-state index contributed by atoms with van der Waals surface area (Å²) in [4.78, 5) is 21.5. The van der Waals surface area contributed by atoms with Crippen LogP contribution in [0.3, 0.4) is 0 Å². The number of nitrogens with two attached hydrogens (primary N) is 1. The highest BCUT2D eigenvalue weighted by Gasteiger charge is 2.15. The third kappa shape index (κ3) is 6.34. The first kappa shape index (κ1) is 17.1. The van der Waals surface area contributed by atoms with Crippen LogP contribution in [0, 0.1) is 0 Å². The van der Waals surface area contributed by atoms with Crippen molar-refractivity contribution in [2.24, 2.45) is 5.73 Å². The van der Waals surface area contributed by atoms with E-state index in [0.717, 1.165) is 0 Å². The van der Waals surface area contributed by atoms with E-state index in [1.165, 1.54) is 0 Å². The van der Waals surface area contributed by atoms with Gasteiger partial charge in [0, 0.05) is 6.54 Å². The molecule has 21 heavy (non-hydrogen) atoms. The van der Waals surface area contributed by atoms with Crippen molar-refractivity contribution in [3.63, 3.8) is 0 Å². The first-order chi connectivity index (χ1) is 9.84. The van der Waals surface area contributed by atoms with Crippen molar-refractivity contribution in [2.45, 2.75) is 12.3 Å². The standard InChI is InChI=1S/C12H17N3O5S/c13-5-9-3-1-2-4-10(9)8-21(19,20)15-6-11(16)14-7-12(17)18/h1-4,15H,5-8,13H2,(H,14,16)(H,17,18). The van der Waals surface area contributed by atoms with Crippen molar-refractivity contribution in [1.82, 2.24) is 10.0 Å². The quantitative estimate of drug-likeness (QED) is 0.473. The minimum atomic E-state index is -3.71. The maximum Gasteiger partial charge on any atom is 0.322 e. The Morgan fingerprint density at radius 3 is 2.33 bits per heavy atom.